The minimum Gasteiger partial charge on any atom is -0.478 e. The summed E-state index contributed by atoms with van der Waals surface area (Å²) < 4.78 is 27.7. The summed E-state index contributed by atoms with van der Waals surface area (Å²) in [7, 11) is -3.95. The van der Waals surface area contributed by atoms with Crippen LogP contribution >= 0.6 is 11.6 Å². The highest BCUT2D eigenvalue weighted by Gasteiger charge is 2.18. The van der Waals surface area contributed by atoms with Crippen LogP contribution in [0.25, 0.3) is 10.9 Å². The molecule has 0 saturated heterocycles. The molecule has 0 bridgehead atoms. The van der Waals surface area contributed by atoms with Crippen molar-refractivity contribution in [3.8, 4) is 0 Å². The van der Waals surface area contributed by atoms with Crippen LogP contribution in [-0.2, 0) is 10.0 Å². The van der Waals surface area contributed by atoms with E-state index < -0.39 is 16.0 Å². The maximum absolute atomic E-state index is 12.6. The zero-order valence-electron chi connectivity index (χ0n) is 13.0. The molecule has 25 heavy (non-hydrogen) atoms. The molecule has 1 aromatic heterocycles. The Hall–Kier alpha value is -2.64. The van der Waals surface area contributed by atoms with Crippen molar-refractivity contribution in [1.29, 1.82) is 0 Å². The fourth-order valence-corrected chi connectivity index (χ4v) is 3.67. The number of anilines is 1. The summed E-state index contributed by atoms with van der Waals surface area (Å²) in [5.74, 6) is -1.16. The predicted molar refractivity (Wildman–Crippen MR) is 95.7 cm³/mol. The smallest absolute Gasteiger partial charge is 0.335 e. The lowest BCUT2D eigenvalue weighted by molar-refractivity contribution is 0.0697. The average Bonchev–Trinajstić information content (AvgIpc) is 2.56. The SMILES string of the molecule is Cc1ccc(S(=O)(=O)Nc2cc(C(=O)O)cc3cccnc23)cc1Cl. The fourth-order valence-electron chi connectivity index (χ4n) is 2.34. The van der Waals surface area contributed by atoms with Crippen molar-refractivity contribution < 1.29 is 18.3 Å². The number of carboxylic acid groups (broad SMARTS) is 1. The summed E-state index contributed by atoms with van der Waals surface area (Å²) in [4.78, 5) is 15.4. The van der Waals surface area contributed by atoms with E-state index >= 15 is 0 Å². The molecule has 0 amide bonds. The number of aromatic carboxylic acids is 1. The third kappa shape index (κ3) is 3.42. The molecular weight excluding hydrogens is 364 g/mol. The lowest BCUT2D eigenvalue weighted by atomic mass is 10.1. The van der Waals surface area contributed by atoms with Crippen molar-refractivity contribution in [2.45, 2.75) is 11.8 Å². The first-order chi connectivity index (χ1) is 11.8. The number of sulfonamides is 1. The molecule has 8 heteroatoms. The normalized spacial score (nSPS) is 11.4. The van der Waals surface area contributed by atoms with Gasteiger partial charge in [0.25, 0.3) is 10.0 Å². The predicted octanol–water partition coefficient (Wildman–Crippen LogP) is 3.70. The van der Waals surface area contributed by atoms with Gasteiger partial charge in [-0.05, 0) is 42.8 Å². The number of carboxylic acids is 1. The van der Waals surface area contributed by atoms with E-state index in [9.17, 15) is 18.3 Å². The lowest BCUT2D eigenvalue weighted by Gasteiger charge is -2.12. The molecule has 0 aliphatic rings. The first-order valence-corrected chi connectivity index (χ1v) is 9.05. The Morgan fingerprint density at radius 1 is 1.20 bits per heavy atom. The van der Waals surface area contributed by atoms with E-state index in [2.05, 4.69) is 9.71 Å². The van der Waals surface area contributed by atoms with Gasteiger partial charge in [0.05, 0.1) is 21.7 Å². The Morgan fingerprint density at radius 2 is 1.96 bits per heavy atom. The number of pyridine rings is 1. The van der Waals surface area contributed by atoms with Gasteiger partial charge >= 0.3 is 5.97 Å². The summed E-state index contributed by atoms with van der Waals surface area (Å²) in [5, 5.41) is 10.1. The van der Waals surface area contributed by atoms with Gasteiger partial charge in [0.2, 0.25) is 0 Å². The summed E-state index contributed by atoms with van der Waals surface area (Å²) >= 11 is 6.00. The fraction of sp³-hybridized carbons (Fsp3) is 0.0588. The van der Waals surface area contributed by atoms with Crippen molar-refractivity contribution in [3.63, 3.8) is 0 Å². The van der Waals surface area contributed by atoms with Crippen molar-refractivity contribution in [2.75, 3.05) is 4.72 Å². The summed E-state index contributed by atoms with van der Waals surface area (Å²) in [6.07, 6.45) is 1.50. The molecule has 6 nitrogen and oxygen atoms in total. The minimum absolute atomic E-state index is 0.0205. The monoisotopic (exact) mass is 376 g/mol. The van der Waals surface area contributed by atoms with E-state index in [0.717, 1.165) is 5.56 Å². The van der Waals surface area contributed by atoms with Gasteiger partial charge in [0, 0.05) is 16.6 Å². The molecule has 128 valence electrons. The first-order valence-electron chi connectivity index (χ1n) is 7.19. The van der Waals surface area contributed by atoms with Crippen molar-refractivity contribution >= 4 is 44.2 Å². The van der Waals surface area contributed by atoms with Gasteiger partial charge in [-0.15, -0.1) is 0 Å². The van der Waals surface area contributed by atoms with E-state index in [1.807, 2.05) is 0 Å². The number of aromatic nitrogens is 1. The standard InChI is InChI=1S/C17H13ClN2O4S/c1-10-4-5-13(9-14(10)18)25(23,24)20-15-8-12(17(21)22)7-11-3-2-6-19-16(11)15/h2-9,20H,1H3,(H,21,22). The summed E-state index contributed by atoms with van der Waals surface area (Å²) in [5.41, 5.74) is 1.15. The van der Waals surface area contributed by atoms with Gasteiger partial charge in [0.1, 0.15) is 0 Å². The van der Waals surface area contributed by atoms with Crippen LogP contribution < -0.4 is 4.72 Å². The van der Waals surface area contributed by atoms with Gasteiger partial charge in [-0.1, -0.05) is 23.7 Å². The number of carbonyl (C=O) groups is 1. The Labute approximate surface area is 149 Å². The Balaban J connectivity index is 2.13. The molecule has 1 heterocycles. The average molecular weight is 377 g/mol. The van der Waals surface area contributed by atoms with E-state index in [1.54, 1.807) is 25.1 Å². The maximum Gasteiger partial charge on any atom is 0.335 e. The van der Waals surface area contributed by atoms with Crippen LogP contribution in [0, 0.1) is 6.92 Å². The number of rotatable bonds is 4. The number of aryl methyl sites for hydroxylation is 1. The van der Waals surface area contributed by atoms with Crippen LogP contribution in [0.4, 0.5) is 5.69 Å². The third-order valence-electron chi connectivity index (χ3n) is 3.65. The first kappa shape index (κ1) is 17.2. The molecular formula is C17H13ClN2O4S. The highest BCUT2D eigenvalue weighted by Crippen LogP contribution is 2.27. The van der Waals surface area contributed by atoms with Crippen LogP contribution in [0.2, 0.25) is 5.02 Å². The van der Waals surface area contributed by atoms with Crippen molar-refractivity contribution in [2.24, 2.45) is 0 Å². The second kappa shape index (κ2) is 6.34. The van der Waals surface area contributed by atoms with Crippen LogP contribution in [-0.4, -0.2) is 24.5 Å². The molecule has 0 spiro atoms. The zero-order chi connectivity index (χ0) is 18.2. The number of nitrogens with zero attached hydrogens (tertiary/aromatic N) is 1. The van der Waals surface area contributed by atoms with Crippen LogP contribution in [0.3, 0.4) is 0 Å². The number of nitrogens with one attached hydrogen (secondary N) is 1. The summed E-state index contributed by atoms with van der Waals surface area (Å²) in [6, 6.07) is 10.4. The van der Waals surface area contributed by atoms with Gasteiger partial charge in [-0.2, -0.15) is 0 Å². The van der Waals surface area contributed by atoms with Gasteiger partial charge in [0.15, 0.2) is 0 Å². The van der Waals surface area contributed by atoms with Crippen molar-refractivity contribution in [1.82, 2.24) is 4.98 Å². The molecule has 2 aromatic carbocycles. The van der Waals surface area contributed by atoms with Gasteiger partial charge in [-0.3, -0.25) is 9.71 Å². The summed E-state index contributed by atoms with van der Waals surface area (Å²) in [6.45, 7) is 1.76. The van der Waals surface area contributed by atoms with Crippen molar-refractivity contribution in [3.05, 3.63) is 64.8 Å². The van der Waals surface area contributed by atoms with Gasteiger partial charge < -0.3 is 5.11 Å². The van der Waals surface area contributed by atoms with E-state index in [0.29, 0.717) is 15.9 Å². The topological polar surface area (TPSA) is 96.4 Å². The molecule has 3 rings (SSSR count). The number of halogens is 1. The quantitative estimate of drug-likeness (QED) is 0.723. The zero-order valence-corrected chi connectivity index (χ0v) is 14.6. The largest absolute Gasteiger partial charge is 0.478 e. The van der Waals surface area contributed by atoms with Gasteiger partial charge in [-0.25, -0.2) is 13.2 Å². The second-order valence-corrected chi connectivity index (χ2v) is 7.51. The minimum atomic E-state index is -3.95. The van der Waals surface area contributed by atoms with E-state index in [4.69, 9.17) is 11.6 Å². The molecule has 3 aromatic rings. The molecule has 0 aliphatic heterocycles. The molecule has 0 saturated carbocycles. The lowest BCUT2D eigenvalue weighted by Crippen LogP contribution is -2.14. The molecule has 0 aliphatic carbocycles. The third-order valence-corrected chi connectivity index (χ3v) is 5.42. The second-order valence-electron chi connectivity index (χ2n) is 5.42. The molecule has 0 fully saturated rings. The highest BCUT2D eigenvalue weighted by atomic mass is 35.5. The molecule has 0 atom stereocenters. The van der Waals surface area contributed by atoms with Crippen LogP contribution in [0.1, 0.15) is 15.9 Å². The van der Waals surface area contributed by atoms with E-state index in [1.165, 1.54) is 30.5 Å². The molecule has 2 N–H and O–H groups in total. The maximum atomic E-state index is 12.6. The Bertz CT molecular complexity index is 1100. The van der Waals surface area contributed by atoms with Crippen LogP contribution in [0.15, 0.2) is 53.6 Å². The Morgan fingerprint density at radius 3 is 2.64 bits per heavy atom. The van der Waals surface area contributed by atoms with E-state index in [-0.39, 0.29) is 16.1 Å². The molecule has 0 unspecified atom stereocenters. The molecule has 0 radical (unpaired) electrons. The number of hydrogen-bond acceptors (Lipinski definition) is 4. The Kier molecular flexibility index (Phi) is 4.36. The van der Waals surface area contributed by atoms with Crippen LogP contribution in [0.5, 0.6) is 0 Å². The number of hydrogen-bond donors (Lipinski definition) is 2. The highest BCUT2D eigenvalue weighted by molar-refractivity contribution is 7.92. The number of benzene rings is 2. The number of fused-ring (bicyclic) bond motifs is 1.